The topological polar surface area (TPSA) is 576 Å². The molecule has 0 fully saturated rings. The first-order valence-corrected chi connectivity index (χ1v) is 31.4. The number of carbonyl (C=O) groups excluding carboxylic acids is 6. The standard InChI is InChI=1S/C60H74N12O30/c1-2-9-37(73)29-97-43(79)14-20-64-49(85)61-50(86)65(55(64)91)21-15-44(80)98-30-38(74)26-70-58(94)71(27-39(75)31-99-45(81)16-22-66-51(87)62-53(89)68(56(66)92)24-18-47(83)101-33-41(77)35-10-5-3-6-11-35)60(96)72(59(70)95)28-40(76)32-100-46(82)17-23-67-52(88)63-54(90)69(57(67)93)25-19-48(84)102-34-42(78)36-12-7-4-8-13-36/h3-8,10-13,37-42,73-78H,2,9,14-34H2,1H3,(H,61,85,86)(H,62,87,89)(H,63,88,90). The fourth-order valence-corrected chi connectivity index (χ4v) is 9.47. The Hall–Kier alpha value is -11.3. The van der Waals surface area contributed by atoms with Crippen LogP contribution < -0.4 is 68.3 Å². The van der Waals surface area contributed by atoms with Crippen molar-refractivity contribution in [3.8, 4) is 0 Å². The van der Waals surface area contributed by atoms with Crippen LogP contribution in [0.2, 0.25) is 0 Å². The first-order valence-electron chi connectivity index (χ1n) is 31.4. The zero-order chi connectivity index (χ0) is 74.9. The van der Waals surface area contributed by atoms with Crippen molar-refractivity contribution >= 4 is 35.8 Å². The van der Waals surface area contributed by atoms with Crippen LogP contribution in [-0.4, -0.2) is 187 Å². The van der Waals surface area contributed by atoms with E-state index in [0.29, 0.717) is 51.4 Å². The first kappa shape index (κ1) is 79.6. The number of carbonyl (C=O) groups is 6. The molecule has 42 heteroatoms. The van der Waals surface area contributed by atoms with Gasteiger partial charge in [0.05, 0.1) is 64.3 Å². The summed E-state index contributed by atoms with van der Waals surface area (Å²) in [6.45, 7) is -10.4. The number of aliphatic hydroxyl groups excluding tert-OH is 6. The number of ether oxygens (including phenoxy) is 6. The van der Waals surface area contributed by atoms with Crippen LogP contribution in [0.25, 0.3) is 0 Å². The van der Waals surface area contributed by atoms with Gasteiger partial charge in [0.15, 0.2) is 0 Å². The average Bonchev–Trinajstić information content (AvgIpc) is 0.770. The Morgan fingerprint density at radius 1 is 0.314 bits per heavy atom. The van der Waals surface area contributed by atoms with Crippen molar-refractivity contribution in [3.63, 3.8) is 0 Å². The Kier molecular flexibility index (Phi) is 29.9. The van der Waals surface area contributed by atoms with Gasteiger partial charge >= 0.3 is 104 Å². The minimum atomic E-state index is -2.05. The molecule has 0 aliphatic carbocycles. The molecule has 6 unspecified atom stereocenters. The van der Waals surface area contributed by atoms with Crippen LogP contribution in [0.15, 0.2) is 118 Å². The van der Waals surface area contributed by atoms with E-state index in [0.717, 1.165) is 0 Å². The molecule has 6 rings (SSSR count). The highest BCUT2D eigenvalue weighted by Crippen LogP contribution is 2.14. The third-order valence-corrected chi connectivity index (χ3v) is 14.8. The number of nitrogens with one attached hydrogen (secondary N) is 3. The van der Waals surface area contributed by atoms with E-state index in [1.165, 1.54) is 0 Å². The minimum Gasteiger partial charge on any atom is -0.463 e. The summed E-state index contributed by atoms with van der Waals surface area (Å²) < 4.78 is 33.1. The maximum absolute atomic E-state index is 14.0. The summed E-state index contributed by atoms with van der Waals surface area (Å²) in [5.74, 6) is -6.49. The lowest BCUT2D eigenvalue weighted by Crippen LogP contribution is -2.57. The van der Waals surface area contributed by atoms with Crippen LogP contribution in [0, 0.1) is 0 Å². The largest absolute Gasteiger partial charge is 0.463 e. The highest BCUT2D eigenvalue weighted by Gasteiger charge is 2.26. The predicted octanol–water partition coefficient (Wildman–Crippen LogP) is -8.38. The quantitative estimate of drug-likeness (QED) is 0.0127. The van der Waals surface area contributed by atoms with E-state index in [1.54, 1.807) is 67.6 Å². The second-order valence-corrected chi connectivity index (χ2v) is 22.5. The predicted molar refractivity (Wildman–Crippen MR) is 341 cm³/mol. The average molecular weight is 1440 g/mol. The van der Waals surface area contributed by atoms with Gasteiger partial charge in [0.1, 0.15) is 70.2 Å². The molecular weight excluding hydrogens is 1370 g/mol. The van der Waals surface area contributed by atoms with Crippen molar-refractivity contribution in [1.82, 2.24) is 56.1 Å². The van der Waals surface area contributed by atoms with Gasteiger partial charge in [-0.1, -0.05) is 74.0 Å². The normalized spacial score (nSPS) is 13.0. The highest BCUT2D eigenvalue weighted by molar-refractivity contribution is 5.71. The number of aliphatic hydroxyl groups is 6. The van der Waals surface area contributed by atoms with Crippen molar-refractivity contribution in [2.24, 2.45) is 0 Å². The molecule has 0 saturated heterocycles. The lowest BCUT2D eigenvalue weighted by atomic mass is 10.1. The van der Waals surface area contributed by atoms with Gasteiger partial charge in [0.25, 0.3) is 0 Å². The van der Waals surface area contributed by atoms with Gasteiger partial charge in [-0.15, -0.1) is 0 Å². The second-order valence-electron chi connectivity index (χ2n) is 22.5. The fraction of sp³-hybridized carbons (Fsp3) is 0.500. The smallest absolute Gasteiger partial charge is 0.336 e. The SMILES string of the molecule is CCCC(O)COC(=O)CCn1c(=O)[nH]c(=O)n(CCC(=O)OCC(O)Cn2c(=O)n(CC(O)COC(=O)CCn3c(=O)[nH]c(=O)n(CCC(=O)OCC(O)c4ccccc4)c3=O)c(=O)n(CC(O)COC(=O)CCn3c(=O)[nH]c(=O)n(CCC(=O)OCC(O)c4ccccc4)c3=O)c2=O)c1=O. The molecule has 42 nitrogen and oxygen atoms in total. The fourth-order valence-electron chi connectivity index (χ4n) is 9.47. The highest BCUT2D eigenvalue weighted by atomic mass is 16.6. The van der Waals surface area contributed by atoms with Gasteiger partial charge in [-0.2, -0.15) is 0 Å². The maximum atomic E-state index is 14.0. The van der Waals surface area contributed by atoms with Gasteiger partial charge in [-0.3, -0.25) is 43.7 Å². The van der Waals surface area contributed by atoms with E-state index in [-0.39, 0.29) is 20.3 Å². The minimum absolute atomic E-state index is 0.157. The summed E-state index contributed by atoms with van der Waals surface area (Å²) in [6, 6.07) is 16.3. The molecule has 9 N–H and O–H groups in total. The van der Waals surface area contributed by atoms with Gasteiger partial charge < -0.3 is 59.1 Å². The van der Waals surface area contributed by atoms with E-state index < -0.39 is 271 Å². The third kappa shape index (κ3) is 23.1. The molecule has 0 amide bonds. The molecule has 0 saturated carbocycles. The molecule has 0 aliphatic rings. The van der Waals surface area contributed by atoms with Crippen molar-refractivity contribution in [3.05, 3.63) is 198 Å². The number of hydrogen-bond donors (Lipinski definition) is 9. The zero-order valence-corrected chi connectivity index (χ0v) is 54.5. The Morgan fingerprint density at radius 3 is 0.745 bits per heavy atom. The summed E-state index contributed by atoms with van der Waals surface area (Å²) in [5, 5.41) is 63.5. The summed E-state index contributed by atoms with van der Waals surface area (Å²) in [6.07, 6.45) is -12.8. The van der Waals surface area contributed by atoms with Gasteiger partial charge in [-0.05, 0) is 17.5 Å². The van der Waals surface area contributed by atoms with E-state index in [1.807, 2.05) is 15.0 Å². The number of benzene rings is 2. The molecule has 4 heterocycles. The van der Waals surface area contributed by atoms with Crippen molar-refractivity contribution < 1.29 is 87.8 Å². The molecule has 0 spiro atoms. The van der Waals surface area contributed by atoms with E-state index >= 15 is 0 Å². The molecule has 554 valence electrons. The van der Waals surface area contributed by atoms with Crippen LogP contribution in [-0.2, 0) is 116 Å². The number of aromatic amines is 3. The number of esters is 6. The van der Waals surface area contributed by atoms with Crippen molar-refractivity contribution in [2.75, 3.05) is 39.6 Å². The number of H-pyrrole nitrogens is 3. The number of aromatic nitrogens is 12. The van der Waals surface area contributed by atoms with Gasteiger partial charge in [0, 0.05) is 39.3 Å². The number of hydrogen-bond acceptors (Lipinski definition) is 30. The van der Waals surface area contributed by atoms with Crippen LogP contribution >= 0.6 is 0 Å². The zero-order valence-electron chi connectivity index (χ0n) is 54.5. The molecule has 0 aliphatic heterocycles. The van der Waals surface area contributed by atoms with Crippen LogP contribution in [0.4, 0.5) is 0 Å². The van der Waals surface area contributed by atoms with Gasteiger partial charge in [-0.25, -0.2) is 98.6 Å². The van der Waals surface area contributed by atoms with Crippen molar-refractivity contribution in [2.45, 2.75) is 154 Å². The summed E-state index contributed by atoms with van der Waals surface area (Å²) in [5.41, 5.74) is -15.3. The summed E-state index contributed by atoms with van der Waals surface area (Å²) in [4.78, 5) is 238. The van der Waals surface area contributed by atoms with Crippen molar-refractivity contribution in [1.29, 1.82) is 0 Å². The van der Waals surface area contributed by atoms with E-state index in [2.05, 4.69) is 0 Å². The molecular formula is C60H74N12O30. The lowest BCUT2D eigenvalue weighted by molar-refractivity contribution is -0.148. The molecule has 6 aromatic rings. The maximum Gasteiger partial charge on any atom is 0.336 e. The Morgan fingerprint density at radius 2 is 0.520 bits per heavy atom. The summed E-state index contributed by atoms with van der Waals surface area (Å²) >= 11 is 0. The Bertz CT molecular complexity index is 4490. The molecule has 2 aromatic carbocycles. The molecule has 0 bridgehead atoms. The van der Waals surface area contributed by atoms with E-state index in [4.69, 9.17) is 28.4 Å². The van der Waals surface area contributed by atoms with E-state index in [9.17, 15) is 117 Å². The number of nitrogens with zero attached hydrogens (tertiary/aromatic N) is 9. The molecule has 6 atom stereocenters. The molecule has 102 heavy (non-hydrogen) atoms. The van der Waals surface area contributed by atoms with Crippen LogP contribution in [0.1, 0.15) is 81.6 Å². The molecule has 4 aromatic heterocycles. The molecule has 0 radical (unpaired) electrons. The second kappa shape index (κ2) is 38.3. The lowest BCUT2D eigenvalue weighted by Gasteiger charge is -2.19. The Balaban J connectivity index is 1.11. The third-order valence-electron chi connectivity index (χ3n) is 14.8. The van der Waals surface area contributed by atoms with Gasteiger partial charge in [0.2, 0.25) is 0 Å². The summed E-state index contributed by atoms with van der Waals surface area (Å²) in [7, 11) is 0. The first-order chi connectivity index (χ1) is 48.5. The Labute approximate surface area is 569 Å². The van der Waals surface area contributed by atoms with Crippen LogP contribution in [0.5, 0.6) is 0 Å². The van der Waals surface area contributed by atoms with Crippen LogP contribution in [0.3, 0.4) is 0 Å². The monoisotopic (exact) mass is 1440 g/mol. The number of rotatable bonds is 40.